The van der Waals surface area contributed by atoms with Gasteiger partial charge < -0.3 is 5.32 Å². The van der Waals surface area contributed by atoms with Crippen molar-refractivity contribution in [1.82, 2.24) is 20.5 Å². The number of aryl methyl sites for hydroxylation is 1. The van der Waals surface area contributed by atoms with E-state index in [1.165, 1.54) is 25.7 Å². The van der Waals surface area contributed by atoms with Gasteiger partial charge in [0.2, 0.25) is 0 Å². The summed E-state index contributed by atoms with van der Waals surface area (Å²) in [6, 6.07) is 0.740. The molecule has 0 spiro atoms. The van der Waals surface area contributed by atoms with Crippen molar-refractivity contribution < 1.29 is 0 Å². The van der Waals surface area contributed by atoms with Crippen LogP contribution >= 0.6 is 0 Å². The van der Waals surface area contributed by atoms with Crippen molar-refractivity contribution in [2.45, 2.75) is 45.2 Å². The average molecular weight is 206 g/mol. The standard InChI is InChI=1S/C11H18N4/c1-7-13-10(15-14-7)6-12-11(8-2-3-8)9-4-5-9/h8-9,11-12H,2-6H2,1H3,(H,13,14,15). The summed E-state index contributed by atoms with van der Waals surface area (Å²) in [7, 11) is 0. The molecule has 0 amide bonds. The lowest BCUT2D eigenvalue weighted by molar-refractivity contribution is 0.411. The maximum atomic E-state index is 4.31. The van der Waals surface area contributed by atoms with Gasteiger partial charge in [-0.1, -0.05) is 0 Å². The number of aromatic nitrogens is 3. The number of rotatable bonds is 5. The molecule has 0 saturated heterocycles. The average Bonchev–Trinajstić information content (AvgIpc) is 3.09. The van der Waals surface area contributed by atoms with Crippen molar-refractivity contribution in [3.63, 3.8) is 0 Å². The third-order valence-electron chi connectivity index (χ3n) is 3.40. The predicted molar refractivity (Wildman–Crippen MR) is 57.2 cm³/mol. The molecule has 0 bridgehead atoms. The molecular weight excluding hydrogens is 188 g/mol. The maximum absolute atomic E-state index is 4.31. The number of nitrogens with one attached hydrogen (secondary N) is 2. The van der Waals surface area contributed by atoms with E-state index in [9.17, 15) is 0 Å². The van der Waals surface area contributed by atoms with Gasteiger partial charge >= 0.3 is 0 Å². The fourth-order valence-corrected chi connectivity index (χ4v) is 2.31. The molecular formula is C11H18N4. The van der Waals surface area contributed by atoms with Gasteiger partial charge in [-0.05, 0) is 44.4 Å². The third kappa shape index (κ3) is 2.20. The maximum Gasteiger partial charge on any atom is 0.164 e. The van der Waals surface area contributed by atoms with Crippen LogP contribution in [0.3, 0.4) is 0 Å². The molecule has 1 aromatic heterocycles. The molecule has 0 atom stereocenters. The zero-order valence-corrected chi connectivity index (χ0v) is 9.16. The Hall–Kier alpha value is -0.900. The van der Waals surface area contributed by atoms with E-state index in [0.29, 0.717) is 0 Å². The monoisotopic (exact) mass is 206 g/mol. The highest BCUT2D eigenvalue weighted by atomic mass is 15.2. The van der Waals surface area contributed by atoms with Gasteiger partial charge in [0.25, 0.3) is 0 Å². The zero-order chi connectivity index (χ0) is 10.3. The first-order valence-corrected chi connectivity index (χ1v) is 5.94. The highest BCUT2D eigenvalue weighted by Gasteiger charge is 2.41. The van der Waals surface area contributed by atoms with Crippen LogP contribution in [0.25, 0.3) is 0 Å². The van der Waals surface area contributed by atoms with Crippen LogP contribution in [-0.4, -0.2) is 21.2 Å². The summed E-state index contributed by atoms with van der Waals surface area (Å²) >= 11 is 0. The number of hydrogen-bond donors (Lipinski definition) is 2. The SMILES string of the molecule is Cc1nc(CNC(C2CC2)C2CC2)n[nH]1. The van der Waals surface area contributed by atoms with E-state index in [1.54, 1.807) is 0 Å². The van der Waals surface area contributed by atoms with Crippen molar-refractivity contribution in [3.8, 4) is 0 Å². The van der Waals surface area contributed by atoms with Gasteiger partial charge in [-0.25, -0.2) is 4.98 Å². The summed E-state index contributed by atoms with van der Waals surface area (Å²) in [6.45, 7) is 2.76. The van der Waals surface area contributed by atoms with Gasteiger partial charge in [0.05, 0.1) is 6.54 Å². The molecule has 2 N–H and O–H groups in total. The van der Waals surface area contributed by atoms with Crippen LogP contribution in [-0.2, 0) is 6.54 Å². The summed E-state index contributed by atoms with van der Waals surface area (Å²) in [5.74, 6) is 3.69. The summed E-state index contributed by atoms with van der Waals surface area (Å²) in [4.78, 5) is 4.31. The molecule has 1 aromatic rings. The van der Waals surface area contributed by atoms with Gasteiger partial charge in [0.1, 0.15) is 5.82 Å². The third-order valence-corrected chi connectivity index (χ3v) is 3.40. The second-order valence-electron chi connectivity index (χ2n) is 4.92. The van der Waals surface area contributed by atoms with E-state index in [4.69, 9.17) is 0 Å². The van der Waals surface area contributed by atoms with Crippen LogP contribution in [0.4, 0.5) is 0 Å². The van der Waals surface area contributed by atoms with Crippen LogP contribution < -0.4 is 5.32 Å². The summed E-state index contributed by atoms with van der Waals surface area (Å²) in [5, 5.41) is 10.7. The fraction of sp³-hybridized carbons (Fsp3) is 0.818. The predicted octanol–water partition coefficient (Wildman–Crippen LogP) is 1.39. The smallest absolute Gasteiger partial charge is 0.164 e. The molecule has 4 nitrogen and oxygen atoms in total. The van der Waals surface area contributed by atoms with Gasteiger partial charge in [-0.2, -0.15) is 5.10 Å². The van der Waals surface area contributed by atoms with Crippen molar-refractivity contribution in [2.24, 2.45) is 11.8 Å². The first kappa shape index (κ1) is 9.33. The number of aromatic amines is 1. The van der Waals surface area contributed by atoms with E-state index >= 15 is 0 Å². The molecule has 2 aliphatic rings. The topological polar surface area (TPSA) is 53.6 Å². The Morgan fingerprint density at radius 3 is 2.47 bits per heavy atom. The molecule has 2 fully saturated rings. The van der Waals surface area contributed by atoms with E-state index in [1.807, 2.05) is 6.92 Å². The second-order valence-corrected chi connectivity index (χ2v) is 4.92. The summed E-state index contributed by atoms with van der Waals surface area (Å²) in [6.07, 6.45) is 5.67. The molecule has 2 saturated carbocycles. The number of H-pyrrole nitrogens is 1. The van der Waals surface area contributed by atoms with Gasteiger partial charge in [-0.3, -0.25) is 5.10 Å². The van der Waals surface area contributed by atoms with Gasteiger partial charge in [0.15, 0.2) is 5.82 Å². The molecule has 0 radical (unpaired) electrons. The van der Waals surface area contributed by atoms with Crippen molar-refractivity contribution in [2.75, 3.05) is 0 Å². The quantitative estimate of drug-likeness (QED) is 0.765. The van der Waals surface area contributed by atoms with E-state index < -0.39 is 0 Å². The highest BCUT2D eigenvalue weighted by Crippen LogP contribution is 2.44. The normalized spacial score (nSPS) is 21.2. The lowest BCUT2D eigenvalue weighted by Gasteiger charge is -2.16. The Balaban J connectivity index is 1.55. The fourth-order valence-electron chi connectivity index (χ4n) is 2.31. The molecule has 4 heteroatoms. The first-order valence-electron chi connectivity index (χ1n) is 5.94. The van der Waals surface area contributed by atoms with Gasteiger partial charge in [-0.15, -0.1) is 0 Å². The molecule has 0 aliphatic heterocycles. The summed E-state index contributed by atoms with van der Waals surface area (Å²) in [5.41, 5.74) is 0. The number of nitrogens with zero attached hydrogens (tertiary/aromatic N) is 2. The van der Waals surface area contributed by atoms with E-state index in [2.05, 4.69) is 20.5 Å². The van der Waals surface area contributed by atoms with Crippen molar-refractivity contribution in [3.05, 3.63) is 11.6 Å². The lowest BCUT2D eigenvalue weighted by atomic mass is 10.1. The number of hydrogen-bond acceptors (Lipinski definition) is 3. The van der Waals surface area contributed by atoms with Gasteiger partial charge in [0, 0.05) is 6.04 Å². The lowest BCUT2D eigenvalue weighted by Crippen LogP contribution is -2.32. The van der Waals surface area contributed by atoms with Crippen LogP contribution in [0.15, 0.2) is 0 Å². The minimum absolute atomic E-state index is 0.740. The Bertz CT molecular complexity index is 326. The van der Waals surface area contributed by atoms with Crippen molar-refractivity contribution in [1.29, 1.82) is 0 Å². The molecule has 0 aromatic carbocycles. The zero-order valence-electron chi connectivity index (χ0n) is 9.16. The minimum Gasteiger partial charge on any atom is -0.306 e. The molecule has 15 heavy (non-hydrogen) atoms. The second kappa shape index (κ2) is 3.59. The largest absolute Gasteiger partial charge is 0.306 e. The molecule has 1 heterocycles. The Morgan fingerprint density at radius 1 is 1.33 bits per heavy atom. The molecule has 2 aliphatic carbocycles. The minimum atomic E-state index is 0.740. The Kier molecular flexibility index (Phi) is 2.24. The van der Waals surface area contributed by atoms with Crippen molar-refractivity contribution >= 4 is 0 Å². The van der Waals surface area contributed by atoms with Crippen LogP contribution in [0.1, 0.15) is 37.3 Å². The van der Waals surface area contributed by atoms with E-state index in [-0.39, 0.29) is 0 Å². The Morgan fingerprint density at radius 2 is 2.00 bits per heavy atom. The molecule has 0 unspecified atom stereocenters. The highest BCUT2D eigenvalue weighted by molar-refractivity contribution is 4.97. The Labute approximate surface area is 89.9 Å². The summed E-state index contributed by atoms with van der Waals surface area (Å²) < 4.78 is 0. The molecule has 3 rings (SSSR count). The first-order chi connectivity index (χ1) is 7.33. The van der Waals surface area contributed by atoms with Crippen LogP contribution in [0, 0.1) is 18.8 Å². The van der Waals surface area contributed by atoms with E-state index in [0.717, 1.165) is 36.1 Å². The van der Waals surface area contributed by atoms with Crippen LogP contribution in [0.2, 0.25) is 0 Å². The molecule has 82 valence electrons. The van der Waals surface area contributed by atoms with Crippen LogP contribution in [0.5, 0.6) is 0 Å².